The number of fused-ring (bicyclic) bond motifs is 2. The number of hydrogen-bond acceptors (Lipinski definition) is 4. The van der Waals surface area contributed by atoms with Crippen molar-refractivity contribution < 1.29 is 14.2 Å². The predicted octanol–water partition coefficient (Wildman–Crippen LogP) is 3.31. The number of halogens is 1. The van der Waals surface area contributed by atoms with Crippen molar-refractivity contribution in [3.63, 3.8) is 0 Å². The van der Waals surface area contributed by atoms with Crippen molar-refractivity contribution in [2.45, 2.75) is 12.5 Å². The van der Waals surface area contributed by atoms with Crippen LogP contribution in [0.25, 0.3) is 0 Å². The van der Waals surface area contributed by atoms with E-state index < -0.39 is 0 Å². The molecule has 2 aromatic rings. The molecule has 4 rings (SSSR count). The SMILES string of the molecule is COc1ccc(Cl)c2c1C(c1cccc3c1OCO3)NCC2. The van der Waals surface area contributed by atoms with Crippen molar-refractivity contribution in [2.75, 3.05) is 20.4 Å². The molecule has 2 aromatic carbocycles. The molecule has 5 heteroatoms. The molecule has 0 fully saturated rings. The van der Waals surface area contributed by atoms with Crippen molar-refractivity contribution in [2.24, 2.45) is 0 Å². The van der Waals surface area contributed by atoms with E-state index in [0.717, 1.165) is 51.9 Å². The lowest BCUT2D eigenvalue weighted by atomic mass is 9.88. The Morgan fingerprint density at radius 2 is 2.14 bits per heavy atom. The van der Waals surface area contributed by atoms with Crippen LogP contribution in [0.15, 0.2) is 30.3 Å². The van der Waals surface area contributed by atoms with E-state index in [9.17, 15) is 0 Å². The summed E-state index contributed by atoms with van der Waals surface area (Å²) < 4.78 is 16.7. The van der Waals surface area contributed by atoms with Crippen LogP contribution in [0, 0.1) is 0 Å². The molecule has 1 unspecified atom stereocenters. The van der Waals surface area contributed by atoms with Crippen LogP contribution in [-0.2, 0) is 6.42 Å². The molecular formula is C17H16ClNO3. The third-order valence-corrected chi connectivity index (χ3v) is 4.58. The topological polar surface area (TPSA) is 39.7 Å². The summed E-state index contributed by atoms with van der Waals surface area (Å²) in [4.78, 5) is 0. The molecule has 0 aromatic heterocycles. The zero-order valence-electron chi connectivity index (χ0n) is 12.2. The summed E-state index contributed by atoms with van der Waals surface area (Å²) in [5.41, 5.74) is 3.28. The van der Waals surface area contributed by atoms with Crippen molar-refractivity contribution in [3.8, 4) is 17.2 Å². The van der Waals surface area contributed by atoms with Gasteiger partial charge in [0.25, 0.3) is 0 Å². The van der Waals surface area contributed by atoms with Crippen LogP contribution in [0.1, 0.15) is 22.7 Å². The lowest BCUT2D eigenvalue weighted by Crippen LogP contribution is -2.31. The highest BCUT2D eigenvalue weighted by Gasteiger charge is 2.31. The smallest absolute Gasteiger partial charge is 0.231 e. The largest absolute Gasteiger partial charge is 0.496 e. The third-order valence-electron chi connectivity index (χ3n) is 4.23. The highest BCUT2D eigenvalue weighted by Crippen LogP contribution is 2.45. The van der Waals surface area contributed by atoms with E-state index in [1.54, 1.807) is 7.11 Å². The summed E-state index contributed by atoms with van der Waals surface area (Å²) in [5, 5.41) is 4.33. The molecule has 1 atom stereocenters. The standard InChI is InChI=1S/C17H16ClNO3/c1-20-13-6-5-12(18)10-7-8-19-16(15(10)13)11-3-2-4-14-17(11)22-9-21-14/h2-6,16,19H,7-9H2,1H3. The summed E-state index contributed by atoms with van der Waals surface area (Å²) in [6, 6.07) is 9.76. The quantitative estimate of drug-likeness (QED) is 0.922. The Balaban J connectivity index is 1.90. The molecule has 2 heterocycles. The Labute approximate surface area is 133 Å². The second-order valence-electron chi connectivity index (χ2n) is 5.36. The second-order valence-corrected chi connectivity index (χ2v) is 5.77. The molecule has 0 aliphatic carbocycles. The summed E-state index contributed by atoms with van der Waals surface area (Å²) in [7, 11) is 1.68. The van der Waals surface area contributed by atoms with E-state index >= 15 is 0 Å². The van der Waals surface area contributed by atoms with Gasteiger partial charge in [0.15, 0.2) is 11.5 Å². The van der Waals surface area contributed by atoms with E-state index in [2.05, 4.69) is 11.4 Å². The Kier molecular flexibility index (Phi) is 3.36. The molecule has 2 aliphatic rings. The van der Waals surface area contributed by atoms with E-state index in [1.807, 2.05) is 24.3 Å². The van der Waals surface area contributed by atoms with Crippen LogP contribution in [0.4, 0.5) is 0 Å². The van der Waals surface area contributed by atoms with Crippen molar-refractivity contribution in [1.82, 2.24) is 5.32 Å². The molecule has 0 spiro atoms. The Bertz CT molecular complexity index is 732. The predicted molar refractivity (Wildman–Crippen MR) is 84.1 cm³/mol. The fraction of sp³-hybridized carbons (Fsp3) is 0.294. The summed E-state index contributed by atoms with van der Waals surface area (Å²) in [5.74, 6) is 2.43. The normalized spacial score (nSPS) is 18.9. The zero-order chi connectivity index (χ0) is 15.1. The molecule has 0 amide bonds. The van der Waals surface area contributed by atoms with Gasteiger partial charge in [0.05, 0.1) is 13.2 Å². The van der Waals surface area contributed by atoms with Gasteiger partial charge in [0.1, 0.15) is 5.75 Å². The fourth-order valence-electron chi connectivity index (χ4n) is 3.25. The summed E-state index contributed by atoms with van der Waals surface area (Å²) >= 11 is 6.40. The Morgan fingerprint density at radius 3 is 3.00 bits per heavy atom. The Morgan fingerprint density at radius 1 is 1.23 bits per heavy atom. The first-order valence-electron chi connectivity index (χ1n) is 7.26. The molecule has 0 saturated carbocycles. The van der Waals surface area contributed by atoms with E-state index in [1.165, 1.54) is 0 Å². The summed E-state index contributed by atoms with van der Waals surface area (Å²) in [6.07, 6.45) is 0.883. The first-order valence-corrected chi connectivity index (χ1v) is 7.64. The maximum absolute atomic E-state index is 6.40. The van der Waals surface area contributed by atoms with Crippen molar-refractivity contribution >= 4 is 11.6 Å². The van der Waals surface area contributed by atoms with Crippen molar-refractivity contribution in [3.05, 3.63) is 52.0 Å². The minimum Gasteiger partial charge on any atom is -0.496 e. The maximum atomic E-state index is 6.40. The van der Waals surface area contributed by atoms with Crippen LogP contribution >= 0.6 is 11.6 Å². The molecule has 22 heavy (non-hydrogen) atoms. The molecule has 4 nitrogen and oxygen atoms in total. The van der Waals surface area contributed by atoms with Crippen LogP contribution < -0.4 is 19.5 Å². The van der Waals surface area contributed by atoms with Gasteiger partial charge in [-0.1, -0.05) is 23.7 Å². The van der Waals surface area contributed by atoms with Gasteiger partial charge >= 0.3 is 0 Å². The number of para-hydroxylation sites is 1. The molecule has 114 valence electrons. The lowest BCUT2D eigenvalue weighted by molar-refractivity contribution is 0.173. The maximum Gasteiger partial charge on any atom is 0.231 e. The van der Waals surface area contributed by atoms with Gasteiger partial charge in [0, 0.05) is 22.7 Å². The second kappa shape index (κ2) is 5.38. The van der Waals surface area contributed by atoms with Crippen LogP contribution in [0.2, 0.25) is 5.02 Å². The molecule has 1 N–H and O–H groups in total. The first-order chi connectivity index (χ1) is 10.8. The van der Waals surface area contributed by atoms with Gasteiger partial charge in [0.2, 0.25) is 6.79 Å². The lowest BCUT2D eigenvalue weighted by Gasteiger charge is -2.30. The minimum atomic E-state index is -0.0194. The minimum absolute atomic E-state index is 0.0194. The van der Waals surface area contributed by atoms with Crippen molar-refractivity contribution in [1.29, 1.82) is 0 Å². The average molecular weight is 318 g/mol. The fourth-order valence-corrected chi connectivity index (χ4v) is 3.51. The molecule has 2 aliphatic heterocycles. The number of benzene rings is 2. The highest BCUT2D eigenvalue weighted by molar-refractivity contribution is 6.31. The number of rotatable bonds is 2. The highest BCUT2D eigenvalue weighted by atomic mass is 35.5. The van der Waals surface area contributed by atoms with Crippen LogP contribution in [0.3, 0.4) is 0 Å². The third kappa shape index (κ3) is 2.02. The van der Waals surface area contributed by atoms with Gasteiger partial charge in [-0.25, -0.2) is 0 Å². The number of ether oxygens (including phenoxy) is 3. The van der Waals surface area contributed by atoms with Gasteiger partial charge in [-0.15, -0.1) is 0 Å². The Hall–Kier alpha value is -1.91. The zero-order valence-corrected chi connectivity index (χ0v) is 12.9. The number of methoxy groups -OCH3 is 1. The molecule has 0 bridgehead atoms. The molecule has 0 saturated heterocycles. The van der Waals surface area contributed by atoms with E-state index in [4.69, 9.17) is 25.8 Å². The molecule has 0 radical (unpaired) electrons. The van der Waals surface area contributed by atoms with Gasteiger partial charge in [-0.2, -0.15) is 0 Å². The number of hydrogen-bond donors (Lipinski definition) is 1. The van der Waals surface area contributed by atoms with Gasteiger partial charge in [-0.05, 0) is 30.2 Å². The van der Waals surface area contributed by atoms with Gasteiger partial charge in [-0.3, -0.25) is 0 Å². The van der Waals surface area contributed by atoms with Crippen LogP contribution in [-0.4, -0.2) is 20.4 Å². The van der Waals surface area contributed by atoms with Crippen LogP contribution in [0.5, 0.6) is 17.2 Å². The monoisotopic (exact) mass is 317 g/mol. The van der Waals surface area contributed by atoms with Gasteiger partial charge < -0.3 is 19.5 Å². The first kappa shape index (κ1) is 13.7. The molecular weight excluding hydrogens is 302 g/mol. The summed E-state index contributed by atoms with van der Waals surface area (Å²) in [6.45, 7) is 1.12. The average Bonchev–Trinajstić information content (AvgIpc) is 3.03. The number of nitrogens with one attached hydrogen (secondary N) is 1. The van der Waals surface area contributed by atoms with E-state index in [-0.39, 0.29) is 12.8 Å². The van der Waals surface area contributed by atoms with E-state index in [0.29, 0.717) is 0 Å².